The van der Waals surface area contributed by atoms with Crippen molar-refractivity contribution in [3.05, 3.63) is 235 Å². The quantitative estimate of drug-likeness (QED) is 0.151. The van der Waals surface area contributed by atoms with E-state index in [0.717, 1.165) is 11.4 Å². The van der Waals surface area contributed by atoms with E-state index in [-0.39, 0.29) is 10.8 Å². The fourth-order valence-corrected chi connectivity index (χ4v) is 12.6. The first-order valence-corrected chi connectivity index (χ1v) is 24.0. The van der Waals surface area contributed by atoms with Crippen LogP contribution in [0.4, 0.5) is 17.1 Å². The highest BCUT2D eigenvalue weighted by Crippen LogP contribution is 2.57. The van der Waals surface area contributed by atoms with Gasteiger partial charge in [0.05, 0.1) is 0 Å². The van der Waals surface area contributed by atoms with Crippen LogP contribution in [0.25, 0.3) is 77.2 Å². The van der Waals surface area contributed by atoms with Gasteiger partial charge in [0, 0.05) is 27.9 Å². The van der Waals surface area contributed by atoms with E-state index in [1.54, 1.807) is 0 Å². The molecule has 1 saturated carbocycles. The van der Waals surface area contributed by atoms with Crippen LogP contribution in [-0.4, -0.2) is 0 Å². The summed E-state index contributed by atoms with van der Waals surface area (Å²) < 4.78 is 0. The Kier molecular flexibility index (Phi) is 8.87. The minimum absolute atomic E-state index is 0.0649. The van der Waals surface area contributed by atoms with Crippen LogP contribution in [0.5, 0.6) is 0 Å². The number of hydrogen-bond acceptors (Lipinski definition) is 1. The first kappa shape index (κ1) is 38.9. The van der Waals surface area contributed by atoms with E-state index in [4.69, 9.17) is 0 Å². The summed E-state index contributed by atoms with van der Waals surface area (Å²) in [6.45, 7) is 4.77. The standard InChI is InChI=1S/C65H51N/c1-64(2)60-26-10-8-21-56(60)59-25-15-24-58(63(59)64)53-19-7-6-18-50(53)44-28-33-46(34-29-44)66(48-37-39-57-55-20-9-11-27-61(55)65(62(57)42-48)40-12-3-13-41-65)47-35-30-45(31-36-47)51-22-14-23-52-49-17-5-4-16-43(49)32-38-54(51)52/h4-11,14-39,42H,3,12-13,40-41H2,1-2H3. The Morgan fingerprint density at radius 1 is 0.333 bits per heavy atom. The SMILES string of the molecule is CC1(C)c2ccccc2-c2cccc(-c3ccccc3-c3ccc(N(c4ccc(-c5cccc6c5ccc5ccccc56)cc4)c4ccc5c(c4)C4(CCCCC4)c4ccccc4-5)cc3)c21. The van der Waals surface area contributed by atoms with Gasteiger partial charge in [0.2, 0.25) is 0 Å². The van der Waals surface area contributed by atoms with Crippen LogP contribution in [0.1, 0.15) is 68.2 Å². The lowest BCUT2D eigenvalue weighted by molar-refractivity contribution is 0.353. The minimum atomic E-state index is -0.106. The molecular weight excluding hydrogens is 795 g/mol. The van der Waals surface area contributed by atoms with Crippen molar-refractivity contribution in [3.63, 3.8) is 0 Å². The molecule has 3 aliphatic rings. The van der Waals surface area contributed by atoms with Gasteiger partial charge in [0.15, 0.2) is 0 Å². The molecule has 0 N–H and O–H groups in total. The first-order valence-electron chi connectivity index (χ1n) is 24.0. The second kappa shape index (κ2) is 15.0. The van der Waals surface area contributed by atoms with E-state index < -0.39 is 0 Å². The number of nitrogens with zero attached hydrogens (tertiary/aromatic N) is 1. The Labute approximate surface area is 388 Å². The van der Waals surface area contributed by atoms with Crippen LogP contribution in [0, 0.1) is 0 Å². The molecule has 0 saturated heterocycles. The average Bonchev–Trinajstić information content (AvgIpc) is 3.78. The molecular formula is C65H51N. The van der Waals surface area contributed by atoms with E-state index in [9.17, 15) is 0 Å². The van der Waals surface area contributed by atoms with Gasteiger partial charge in [0.1, 0.15) is 0 Å². The van der Waals surface area contributed by atoms with Crippen LogP contribution in [0.2, 0.25) is 0 Å². The maximum absolute atomic E-state index is 2.54. The molecule has 1 fully saturated rings. The molecule has 10 aromatic rings. The third-order valence-electron chi connectivity index (χ3n) is 15.7. The van der Waals surface area contributed by atoms with Gasteiger partial charge in [-0.2, -0.15) is 0 Å². The maximum Gasteiger partial charge on any atom is 0.0465 e. The Morgan fingerprint density at radius 3 is 1.59 bits per heavy atom. The zero-order valence-corrected chi connectivity index (χ0v) is 37.7. The monoisotopic (exact) mass is 845 g/mol. The Balaban J connectivity index is 0.932. The van der Waals surface area contributed by atoms with Crippen molar-refractivity contribution in [2.45, 2.75) is 56.8 Å². The van der Waals surface area contributed by atoms with E-state index in [2.05, 4.69) is 231 Å². The molecule has 0 radical (unpaired) electrons. The van der Waals surface area contributed by atoms with Crippen LogP contribution < -0.4 is 4.90 Å². The van der Waals surface area contributed by atoms with Gasteiger partial charge in [-0.1, -0.05) is 209 Å². The zero-order valence-electron chi connectivity index (χ0n) is 37.7. The molecule has 13 rings (SSSR count). The Bertz CT molecular complexity index is 3530. The average molecular weight is 846 g/mol. The van der Waals surface area contributed by atoms with Crippen LogP contribution >= 0.6 is 0 Å². The molecule has 0 atom stereocenters. The van der Waals surface area contributed by atoms with Crippen molar-refractivity contribution >= 4 is 38.6 Å². The third kappa shape index (κ3) is 5.85. The van der Waals surface area contributed by atoms with Crippen molar-refractivity contribution in [2.24, 2.45) is 0 Å². The van der Waals surface area contributed by atoms with Gasteiger partial charge >= 0.3 is 0 Å². The topological polar surface area (TPSA) is 3.24 Å². The Hall–Kier alpha value is -7.48. The summed E-state index contributed by atoms with van der Waals surface area (Å²) in [5.41, 5.74) is 22.3. The van der Waals surface area contributed by atoms with Crippen LogP contribution in [-0.2, 0) is 10.8 Å². The highest BCUT2D eigenvalue weighted by Gasteiger charge is 2.44. The lowest BCUT2D eigenvalue weighted by Crippen LogP contribution is -2.28. The van der Waals surface area contributed by atoms with Gasteiger partial charge in [-0.05, 0) is 149 Å². The molecule has 0 unspecified atom stereocenters. The van der Waals surface area contributed by atoms with Crippen molar-refractivity contribution in [3.8, 4) is 55.6 Å². The summed E-state index contributed by atoms with van der Waals surface area (Å²) in [6, 6.07) is 80.0. The highest BCUT2D eigenvalue weighted by atomic mass is 15.1. The molecule has 1 heteroatoms. The van der Waals surface area contributed by atoms with E-state index >= 15 is 0 Å². The number of benzene rings is 10. The van der Waals surface area contributed by atoms with E-state index in [1.807, 2.05) is 0 Å². The predicted octanol–water partition coefficient (Wildman–Crippen LogP) is 18.0. The van der Waals surface area contributed by atoms with E-state index in [1.165, 1.54) is 137 Å². The molecule has 316 valence electrons. The number of anilines is 3. The number of fused-ring (bicyclic) bond motifs is 11. The molecule has 3 aliphatic carbocycles. The molecule has 0 aromatic heterocycles. The smallest absolute Gasteiger partial charge is 0.0465 e. The summed E-state index contributed by atoms with van der Waals surface area (Å²) in [5.74, 6) is 0. The highest BCUT2D eigenvalue weighted by molar-refractivity contribution is 6.12. The van der Waals surface area contributed by atoms with Crippen LogP contribution in [0.3, 0.4) is 0 Å². The van der Waals surface area contributed by atoms with Gasteiger partial charge in [0.25, 0.3) is 0 Å². The van der Waals surface area contributed by atoms with E-state index in [0.29, 0.717) is 0 Å². The van der Waals surface area contributed by atoms with Gasteiger partial charge in [-0.15, -0.1) is 0 Å². The van der Waals surface area contributed by atoms with Crippen molar-refractivity contribution in [1.29, 1.82) is 0 Å². The summed E-state index contributed by atoms with van der Waals surface area (Å²) in [7, 11) is 0. The zero-order chi connectivity index (χ0) is 44.0. The summed E-state index contributed by atoms with van der Waals surface area (Å²) in [4.78, 5) is 2.49. The van der Waals surface area contributed by atoms with Crippen molar-refractivity contribution in [2.75, 3.05) is 4.90 Å². The number of hydrogen-bond donors (Lipinski definition) is 0. The lowest BCUT2D eigenvalue weighted by atomic mass is 9.68. The fraction of sp³-hybridized carbons (Fsp3) is 0.138. The normalized spacial score (nSPS) is 15.1. The molecule has 0 heterocycles. The molecule has 0 bridgehead atoms. The second-order valence-corrected chi connectivity index (χ2v) is 19.5. The lowest BCUT2D eigenvalue weighted by Gasteiger charge is -2.36. The summed E-state index contributed by atoms with van der Waals surface area (Å²) >= 11 is 0. The summed E-state index contributed by atoms with van der Waals surface area (Å²) in [5, 5.41) is 5.14. The molecule has 0 amide bonds. The molecule has 0 aliphatic heterocycles. The van der Waals surface area contributed by atoms with Crippen molar-refractivity contribution < 1.29 is 0 Å². The first-order chi connectivity index (χ1) is 32.5. The molecule has 10 aromatic carbocycles. The van der Waals surface area contributed by atoms with Gasteiger partial charge < -0.3 is 4.90 Å². The van der Waals surface area contributed by atoms with Crippen LogP contribution in [0.15, 0.2) is 212 Å². The second-order valence-electron chi connectivity index (χ2n) is 19.5. The third-order valence-corrected chi connectivity index (χ3v) is 15.7. The summed E-state index contributed by atoms with van der Waals surface area (Å²) in [6.07, 6.45) is 6.27. The van der Waals surface area contributed by atoms with Gasteiger partial charge in [-0.3, -0.25) is 0 Å². The minimum Gasteiger partial charge on any atom is -0.310 e. The number of rotatable bonds is 6. The van der Waals surface area contributed by atoms with Crippen molar-refractivity contribution in [1.82, 2.24) is 0 Å². The van der Waals surface area contributed by atoms with Gasteiger partial charge in [-0.25, -0.2) is 0 Å². The largest absolute Gasteiger partial charge is 0.310 e. The molecule has 1 spiro atoms. The predicted molar refractivity (Wildman–Crippen MR) is 279 cm³/mol. The molecule has 66 heavy (non-hydrogen) atoms. The maximum atomic E-state index is 2.54. The fourth-order valence-electron chi connectivity index (χ4n) is 12.6. The Morgan fingerprint density at radius 2 is 0.848 bits per heavy atom. The molecule has 1 nitrogen and oxygen atoms in total.